The molecule has 8 nitrogen and oxygen atoms in total. The molecule has 0 aliphatic carbocycles. The molecule has 0 unspecified atom stereocenters. The Labute approximate surface area is 206 Å². The molecule has 0 atom stereocenters. The van der Waals surface area contributed by atoms with Gasteiger partial charge in [-0.15, -0.1) is 6.58 Å². The van der Waals surface area contributed by atoms with Crippen LogP contribution in [0.5, 0.6) is 5.75 Å². The highest BCUT2D eigenvalue weighted by Gasteiger charge is 2.13. The normalized spacial score (nSPS) is 13.7. The molecule has 8 heteroatoms. The van der Waals surface area contributed by atoms with Crippen molar-refractivity contribution in [1.82, 2.24) is 14.9 Å². The number of rotatable bonds is 14. The molecule has 35 heavy (non-hydrogen) atoms. The maximum absolute atomic E-state index is 6.11. The standard InChI is InChI=1S/C27H34N4O4/c1-3-16-33-20-23-8-10-26(35-23)24-11-12-28-27(30-24)29-22-7-9-25(21(18-22)19-32-4-2)34-17-15-31-13-5-6-14-31/h3,7-12,18H,1,4-6,13-17,19-20H2,2H3,(H,28,29,30). The number of hydrogen-bond donors (Lipinski definition) is 1. The number of ether oxygens (including phenoxy) is 3. The van der Waals surface area contributed by atoms with E-state index in [1.54, 1.807) is 12.3 Å². The molecule has 0 amide bonds. The summed E-state index contributed by atoms with van der Waals surface area (Å²) in [4.78, 5) is 11.4. The number of hydrogen-bond acceptors (Lipinski definition) is 8. The molecule has 3 heterocycles. The minimum absolute atomic E-state index is 0.386. The summed E-state index contributed by atoms with van der Waals surface area (Å²) < 4.78 is 23.1. The van der Waals surface area contributed by atoms with E-state index in [9.17, 15) is 0 Å². The third kappa shape index (κ3) is 7.39. The largest absolute Gasteiger partial charge is 0.492 e. The maximum atomic E-state index is 6.11. The van der Waals surface area contributed by atoms with Crippen LogP contribution in [0.15, 0.2) is 59.7 Å². The molecule has 1 fully saturated rings. The van der Waals surface area contributed by atoms with Gasteiger partial charge in [0.15, 0.2) is 5.76 Å². The summed E-state index contributed by atoms with van der Waals surface area (Å²) in [6, 6.07) is 11.6. The molecule has 1 aromatic carbocycles. The van der Waals surface area contributed by atoms with Gasteiger partial charge in [0, 0.05) is 30.6 Å². The highest BCUT2D eigenvalue weighted by atomic mass is 16.5. The van der Waals surface area contributed by atoms with Gasteiger partial charge in [-0.1, -0.05) is 6.08 Å². The molecule has 0 radical (unpaired) electrons. The lowest BCUT2D eigenvalue weighted by molar-refractivity contribution is 0.130. The van der Waals surface area contributed by atoms with Crippen molar-refractivity contribution in [2.24, 2.45) is 0 Å². The summed E-state index contributed by atoms with van der Waals surface area (Å²) in [7, 11) is 0. The topological polar surface area (TPSA) is 81.9 Å². The molecule has 4 rings (SSSR count). The van der Waals surface area contributed by atoms with Crippen LogP contribution < -0.4 is 10.1 Å². The van der Waals surface area contributed by atoms with Crippen LogP contribution in [0, 0.1) is 0 Å². The second kappa shape index (κ2) is 13.0. The van der Waals surface area contributed by atoms with Crippen LogP contribution in [0.3, 0.4) is 0 Å². The van der Waals surface area contributed by atoms with Gasteiger partial charge in [0.05, 0.1) is 13.2 Å². The Hall–Kier alpha value is -3.20. The molecule has 1 aliphatic heterocycles. The molecule has 0 saturated carbocycles. The zero-order valence-corrected chi connectivity index (χ0v) is 20.4. The highest BCUT2D eigenvalue weighted by Crippen LogP contribution is 2.27. The Bertz CT molecular complexity index is 1080. The average molecular weight is 479 g/mol. The average Bonchev–Trinajstić information content (AvgIpc) is 3.57. The van der Waals surface area contributed by atoms with E-state index in [1.165, 1.54) is 25.9 Å². The SMILES string of the molecule is C=CCOCc1ccc(-c2ccnc(Nc3ccc(OCCN4CCCC4)c(COCC)c3)n2)o1. The molecule has 1 saturated heterocycles. The van der Waals surface area contributed by atoms with Gasteiger partial charge < -0.3 is 23.9 Å². The van der Waals surface area contributed by atoms with Crippen molar-refractivity contribution >= 4 is 11.6 Å². The van der Waals surface area contributed by atoms with Crippen LogP contribution in [0.2, 0.25) is 0 Å². The Kier molecular flexibility index (Phi) is 9.28. The molecule has 186 valence electrons. The molecule has 3 aromatic rings. The van der Waals surface area contributed by atoms with Crippen molar-refractivity contribution in [3.63, 3.8) is 0 Å². The fourth-order valence-corrected chi connectivity index (χ4v) is 3.94. The number of aromatic nitrogens is 2. The fourth-order valence-electron chi connectivity index (χ4n) is 3.94. The van der Waals surface area contributed by atoms with Crippen LogP contribution in [0.1, 0.15) is 31.1 Å². The lowest BCUT2D eigenvalue weighted by Crippen LogP contribution is -2.25. The first-order valence-corrected chi connectivity index (χ1v) is 12.2. The van der Waals surface area contributed by atoms with Gasteiger partial charge in [-0.2, -0.15) is 0 Å². The number of nitrogens with one attached hydrogen (secondary N) is 1. The number of furan rings is 1. The molecule has 2 aromatic heterocycles. The summed E-state index contributed by atoms with van der Waals surface area (Å²) >= 11 is 0. The Balaban J connectivity index is 1.41. The van der Waals surface area contributed by atoms with Gasteiger partial charge >= 0.3 is 0 Å². The second-order valence-electron chi connectivity index (χ2n) is 8.32. The lowest BCUT2D eigenvalue weighted by Gasteiger charge is -2.17. The van der Waals surface area contributed by atoms with Crippen molar-refractivity contribution in [2.75, 3.05) is 44.8 Å². The number of anilines is 2. The summed E-state index contributed by atoms with van der Waals surface area (Å²) in [6.45, 7) is 11.6. The molecule has 0 spiro atoms. The zero-order chi connectivity index (χ0) is 24.3. The monoisotopic (exact) mass is 478 g/mol. The van der Waals surface area contributed by atoms with Gasteiger partial charge in [-0.25, -0.2) is 9.97 Å². The van der Waals surface area contributed by atoms with Crippen LogP contribution in [0.4, 0.5) is 11.6 Å². The Morgan fingerprint density at radius 1 is 1.11 bits per heavy atom. The number of nitrogens with zero attached hydrogens (tertiary/aromatic N) is 3. The van der Waals surface area contributed by atoms with E-state index in [1.807, 2.05) is 43.3 Å². The van der Waals surface area contributed by atoms with E-state index in [2.05, 4.69) is 26.8 Å². The first-order chi connectivity index (χ1) is 17.2. The zero-order valence-electron chi connectivity index (χ0n) is 20.4. The minimum Gasteiger partial charge on any atom is -0.492 e. The molecular weight excluding hydrogens is 444 g/mol. The third-order valence-electron chi connectivity index (χ3n) is 5.69. The first-order valence-electron chi connectivity index (χ1n) is 12.2. The molecule has 1 N–H and O–H groups in total. The van der Waals surface area contributed by atoms with Crippen molar-refractivity contribution < 1.29 is 18.6 Å². The van der Waals surface area contributed by atoms with E-state index in [4.69, 9.17) is 18.6 Å². The fraction of sp³-hybridized carbons (Fsp3) is 0.407. The molecule has 1 aliphatic rings. The summed E-state index contributed by atoms with van der Waals surface area (Å²) in [5, 5.41) is 3.29. The smallest absolute Gasteiger partial charge is 0.227 e. The molecule has 0 bridgehead atoms. The van der Waals surface area contributed by atoms with E-state index in [-0.39, 0.29) is 0 Å². The van der Waals surface area contributed by atoms with Gasteiger partial charge in [0.2, 0.25) is 5.95 Å². The number of likely N-dealkylation sites (tertiary alicyclic amines) is 1. The van der Waals surface area contributed by atoms with E-state index in [0.717, 1.165) is 29.3 Å². The summed E-state index contributed by atoms with van der Waals surface area (Å²) in [6.07, 6.45) is 5.98. The van der Waals surface area contributed by atoms with E-state index < -0.39 is 0 Å². The van der Waals surface area contributed by atoms with Gasteiger partial charge in [0.1, 0.15) is 30.4 Å². The van der Waals surface area contributed by atoms with Crippen LogP contribution in [-0.2, 0) is 22.7 Å². The van der Waals surface area contributed by atoms with E-state index in [0.29, 0.717) is 50.4 Å². The van der Waals surface area contributed by atoms with Crippen molar-refractivity contribution in [2.45, 2.75) is 33.0 Å². The predicted octanol–water partition coefficient (Wildman–Crippen LogP) is 5.19. The van der Waals surface area contributed by atoms with Gasteiger partial charge in [0.25, 0.3) is 0 Å². The second-order valence-corrected chi connectivity index (χ2v) is 8.32. The number of benzene rings is 1. The van der Waals surface area contributed by atoms with Crippen LogP contribution >= 0.6 is 0 Å². The highest BCUT2D eigenvalue weighted by molar-refractivity contribution is 5.60. The summed E-state index contributed by atoms with van der Waals surface area (Å²) in [5.74, 6) is 2.72. The van der Waals surface area contributed by atoms with Crippen LogP contribution in [0.25, 0.3) is 11.5 Å². The third-order valence-corrected chi connectivity index (χ3v) is 5.69. The quantitative estimate of drug-likeness (QED) is 0.250. The van der Waals surface area contributed by atoms with Gasteiger partial charge in [-0.05, 0) is 69.3 Å². The van der Waals surface area contributed by atoms with Crippen LogP contribution in [-0.4, -0.2) is 54.3 Å². The molecular formula is C27H34N4O4. The predicted molar refractivity (Wildman–Crippen MR) is 136 cm³/mol. The minimum atomic E-state index is 0.386. The van der Waals surface area contributed by atoms with E-state index >= 15 is 0 Å². The lowest BCUT2D eigenvalue weighted by atomic mass is 10.2. The van der Waals surface area contributed by atoms with Gasteiger partial charge in [-0.3, -0.25) is 4.90 Å². The Morgan fingerprint density at radius 3 is 2.83 bits per heavy atom. The first kappa shape index (κ1) is 24.9. The van der Waals surface area contributed by atoms with Crippen molar-refractivity contribution in [1.29, 1.82) is 0 Å². The van der Waals surface area contributed by atoms with Crippen molar-refractivity contribution in [3.8, 4) is 17.2 Å². The maximum Gasteiger partial charge on any atom is 0.227 e. The van der Waals surface area contributed by atoms with Crippen molar-refractivity contribution in [3.05, 3.63) is 66.6 Å². The summed E-state index contributed by atoms with van der Waals surface area (Å²) in [5.41, 5.74) is 2.54. The Morgan fingerprint density at radius 2 is 2.00 bits per heavy atom.